The third-order valence-corrected chi connectivity index (χ3v) is 4.64. The van der Waals surface area contributed by atoms with E-state index in [0.717, 1.165) is 4.68 Å². The molecule has 3 N–H and O–H groups in total. The molecule has 2 heterocycles. The van der Waals surface area contributed by atoms with Crippen LogP contribution in [0, 0.1) is 3.57 Å². The third-order valence-electron chi connectivity index (χ3n) is 3.74. The number of alkyl halides is 3. The van der Waals surface area contributed by atoms with Crippen molar-refractivity contribution in [1.29, 1.82) is 0 Å². The summed E-state index contributed by atoms with van der Waals surface area (Å²) in [6.45, 7) is 3.73. The second-order valence-corrected chi connectivity index (χ2v) is 7.31. The number of nitrogens with two attached hydrogens (primary N) is 1. The highest BCUT2D eigenvalue weighted by Crippen LogP contribution is 2.37. The van der Waals surface area contributed by atoms with Gasteiger partial charge in [0.1, 0.15) is 0 Å². The molecule has 0 aliphatic rings. The summed E-state index contributed by atoms with van der Waals surface area (Å²) in [7, 11) is 0. The van der Waals surface area contributed by atoms with Crippen LogP contribution in [0.15, 0.2) is 30.5 Å². The van der Waals surface area contributed by atoms with E-state index in [1.165, 1.54) is 30.5 Å². The standard InChI is InChI=1S/C17H15F3IN5O/c1-8(2)24-11-7-9(15(22)27)3-4-12(11)26-16-13(10(21)5-6-23-16)14(25-26)17(18,19)20/h3-8,24H,1-2H3,(H2,22,27). The van der Waals surface area contributed by atoms with Crippen molar-refractivity contribution in [3.63, 3.8) is 0 Å². The molecule has 10 heteroatoms. The van der Waals surface area contributed by atoms with E-state index < -0.39 is 17.8 Å². The van der Waals surface area contributed by atoms with Gasteiger partial charge in [0.05, 0.1) is 16.8 Å². The van der Waals surface area contributed by atoms with Gasteiger partial charge in [-0.25, -0.2) is 9.67 Å². The van der Waals surface area contributed by atoms with Crippen molar-refractivity contribution in [3.8, 4) is 5.69 Å². The van der Waals surface area contributed by atoms with E-state index >= 15 is 0 Å². The van der Waals surface area contributed by atoms with Crippen molar-refractivity contribution in [2.45, 2.75) is 26.1 Å². The summed E-state index contributed by atoms with van der Waals surface area (Å²) in [4.78, 5) is 15.6. The fourth-order valence-corrected chi connectivity index (χ4v) is 3.33. The second kappa shape index (κ2) is 6.98. The van der Waals surface area contributed by atoms with Gasteiger partial charge in [-0.05, 0) is 60.7 Å². The Bertz CT molecular complexity index is 1030. The molecule has 0 bridgehead atoms. The maximum atomic E-state index is 13.5. The van der Waals surface area contributed by atoms with Gasteiger partial charge in [-0.2, -0.15) is 18.3 Å². The Hall–Kier alpha value is -2.37. The molecule has 2 aromatic heterocycles. The van der Waals surface area contributed by atoms with Crippen molar-refractivity contribution < 1.29 is 18.0 Å². The highest BCUT2D eigenvalue weighted by atomic mass is 127. The van der Waals surface area contributed by atoms with Crippen molar-refractivity contribution in [1.82, 2.24) is 14.8 Å². The van der Waals surface area contributed by atoms with Gasteiger partial charge in [0.2, 0.25) is 5.91 Å². The lowest BCUT2D eigenvalue weighted by atomic mass is 10.1. The van der Waals surface area contributed by atoms with E-state index in [-0.39, 0.29) is 22.6 Å². The number of aromatic nitrogens is 3. The normalized spacial score (nSPS) is 12.0. The zero-order chi connectivity index (χ0) is 19.9. The molecule has 1 amide bonds. The summed E-state index contributed by atoms with van der Waals surface area (Å²) >= 11 is 1.83. The summed E-state index contributed by atoms with van der Waals surface area (Å²) in [5, 5.41) is 6.85. The molecule has 27 heavy (non-hydrogen) atoms. The van der Waals surface area contributed by atoms with E-state index in [1.54, 1.807) is 0 Å². The molecule has 0 saturated carbocycles. The first kappa shape index (κ1) is 19.4. The Morgan fingerprint density at radius 2 is 2.00 bits per heavy atom. The van der Waals surface area contributed by atoms with Crippen LogP contribution in [0.25, 0.3) is 16.7 Å². The minimum atomic E-state index is -4.63. The number of pyridine rings is 1. The lowest BCUT2D eigenvalue weighted by Crippen LogP contribution is -2.16. The van der Waals surface area contributed by atoms with E-state index in [4.69, 9.17) is 5.73 Å². The Balaban J connectivity index is 2.33. The number of rotatable bonds is 4. The molecule has 0 aliphatic carbocycles. The number of halogens is 4. The molecular formula is C17H15F3IN5O. The number of hydrogen-bond acceptors (Lipinski definition) is 4. The lowest BCUT2D eigenvalue weighted by molar-refractivity contribution is -0.140. The van der Waals surface area contributed by atoms with Crippen LogP contribution in [0.3, 0.4) is 0 Å². The Kier molecular flexibility index (Phi) is 5.02. The molecule has 3 rings (SSSR count). The van der Waals surface area contributed by atoms with E-state index in [2.05, 4.69) is 15.4 Å². The first-order valence-corrected chi connectivity index (χ1v) is 8.98. The van der Waals surface area contributed by atoms with Gasteiger partial charge in [0, 0.05) is 21.4 Å². The summed E-state index contributed by atoms with van der Waals surface area (Å²) in [5.74, 6) is -0.637. The van der Waals surface area contributed by atoms with Crippen LogP contribution in [-0.2, 0) is 6.18 Å². The Labute approximate surface area is 166 Å². The van der Waals surface area contributed by atoms with Crippen LogP contribution in [-0.4, -0.2) is 26.7 Å². The smallest absolute Gasteiger partial charge is 0.381 e. The van der Waals surface area contributed by atoms with Crippen LogP contribution in [0.4, 0.5) is 18.9 Å². The number of hydrogen-bond donors (Lipinski definition) is 2. The molecule has 0 unspecified atom stereocenters. The number of nitrogens with one attached hydrogen (secondary N) is 1. The quantitative estimate of drug-likeness (QED) is 0.544. The summed E-state index contributed by atoms with van der Waals surface area (Å²) in [6.07, 6.45) is -3.21. The van der Waals surface area contributed by atoms with Gasteiger partial charge in [0.25, 0.3) is 0 Å². The first-order valence-electron chi connectivity index (χ1n) is 7.90. The summed E-state index contributed by atoms with van der Waals surface area (Å²) in [6, 6.07) is 5.89. The number of nitrogens with zero attached hydrogens (tertiary/aromatic N) is 3. The Morgan fingerprint density at radius 3 is 2.59 bits per heavy atom. The van der Waals surface area contributed by atoms with Crippen LogP contribution in [0.5, 0.6) is 0 Å². The van der Waals surface area contributed by atoms with E-state index in [0.29, 0.717) is 14.9 Å². The van der Waals surface area contributed by atoms with Crippen molar-refractivity contribution in [2.75, 3.05) is 5.32 Å². The second-order valence-electron chi connectivity index (χ2n) is 6.14. The van der Waals surface area contributed by atoms with Gasteiger partial charge in [-0.1, -0.05) is 0 Å². The zero-order valence-electron chi connectivity index (χ0n) is 14.3. The minimum absolute atomic E-state index is 0.0381. The van der Waals surface area contributed by atoms with E-state index in [9.17, 15) is 18.0 Å². The maximum Gasteiger partial charge on any atom is 0.435 e. The lowest BCUT2D eigenvalue weighted by Gasteiger charge is -2.16. The molecular weight excluding hydrogens is 474 g/mol. The molecule has 6 nitrogen and oxygen atoms in total. The minimum Gasteiger partial charge on any atom is -0.381 e. The predicted molar refractivity (Wildman–Crippen MR) is 104 cm³/mol. The molecule has 1 aromatic carbocycles. The van der Waals surface area contributed by atoms with Gasteiger partial charge in [-0.3, -0.25) is 4.79 Å². The SMILES string of the molecule is CC(C)Nc1cc(C(N)=O)ccc1-n1nc(C(F)(F)F)c2c(I)ccnc21. The van der Waals surface area contributed by atoms with Crippen LogP contribution >= 0.6 is 22.6 Å². The van der Waals surface area contributed by atoms with Gasteiger partial charge >= 0.3 is 6.18 Å². The molecule has 0 aliphatic heterocycles. The molecule has 142 valence electrons. The molecule has 0 radical (unpaired) electrons. The van der Waals surface area contributed by atoms with Gasteiger partial charge < -0.3 is 11.1 Å². The fourth-order valence-electron chi connectivity index (χ4n) is 2.67. The number of carbonyl (C=O) groups excluding carboxylic acids is 1. The first-order chi connectivity index (χ1) is 12.6. The molecule has 0 spiro atoms. The van der Waals surface area contributed by atoms with Crippen LogP contribution < -0.4 is 11.1 Å². The number of benzene rings is 1. The Morgan fingerprint density at radius 1 is 1.30 bits per heavy atom. The number of anilines is 1. The maximum absolute atomic E-state index is 13.5. The molecule has 0 fully saturated rings. The van der Waals surface area contributed by atoms with Crippen LogP contribution in [0.1, 0.15) is 29.9 Å². The number of fused-ring (bicyclic) bond motifs is 1. The zero-order valence-corrected chi connectivity index (χ0v) is 16.5. The summed E-state index contributed by atoms with van der Waals surface area (Å²) < 4.78 is 42.1. The predicted octanol–water partition coefficient (Wildman–Crippen LogP) is 3.96. The molecule has 0 atom stereocenters. The fraction of sp³-hybridized carbons (Fsp3) is 0.235. The van der Waals surface area contributed by atoms with Crippen molar-refractivity contribution in [3.05, 3.63) is 45.3 Å². The topological polar surface area (TPSA) is 85.8 Å². The molecule has 0 saturated heterocycles. The average molecular weight is 489 g/mol. The third kappa shape index (κ3) is 3.70. The number of amides is 1. The van der Waals surface area contributed by atoms with Crippen LogP contribution in [0.2, 0.25) is 0 Å². The van der Waals surface area contributed by atoms with Gasteiger partial charge in [0.15, 0.2) is 11.3 Å². The van der Waals surface area contributed by atoms with Crippen molar-refractivity contribution >= 4 is 45.2 Å². The average Bonchev–Trinajstić information content (AvgIpc) is 2.95. The monoisotopic (exact) mass is 489 g/mol. The highest BCUT2D eigenvalue weighted by molar-refractivity contribution is 14.1. The largest absolute Gasteiger partial charge is 0.435 e. The summed E-state index contributed by atoms with van der Waals surface area (Å²) in [5.41, 5.74) is 5.39. The van der Waals surface area contributed by atoms with Gasteiger partial charge in [-0.15, -0.1) is 0 Å². The highest BCUT2D eigenvalue weighted by Gasteiger charge is 2.38. The molecule has 3 aromatic rings. The number of carbonyl (C=O) groups is 1. The number of primary amides is 1. The van der Waals surface area contributed by atoms with E-state index in [1.807, 2.05) is 36.4 Å². The van der Waals surface area contributed by atoms with Crippen molar-refractivity contribution in [2.24, 2.45) is 5.73 Å².